The van der Waals surface area contributed by atoms with Crippen LogP contribution in [0.5, 0.6) is 0 Å². The molecule has 4 heteroatoms. The zero-order valence-corrected chi connectivity index (χ0v) is 7.10. The Kier molecular flexibility index (Phi) is 2.87. The topological polar surface area (TPSA) is 89.3 Å². The third-order valence-corrected chi connectivity index (χ3v) is 1.86. The lowest BCUT2D eigenvalue weighted by Crippen LogP contribution is -2.24. The highest BCUT2D eigenvalue weighted by Gasteiger charge is 2.15. The van der Waals surface area contributed by atoms with Gasteiger partial charge in [0.1, 0.15) is 0 Å². The van der Waals surface area contributed by atoms with E-state index in [-0.39, 0.29) is 6.61 Å². The van der Waals surface area contributed by atoms with Crippen LogP contribution in [0, 0.1) is 0 Å². The van der Waals surface area contributed by atoms with E-state index in [1.807, 2.05) is 0 Å². The third-order valence-electron chi connectivity index (χ3n) is 1.86. The van der Waals surface area contributed by atoms with Crippen LogP contribution in [0.25, 0.3) is 0 Å². The van der Waals surface area contributed by atoms with Gasteiger partial charge in [0, 0.05) is 5.69 Å². The second-order valence-corrected chi connectivity index (χ2v) is 2.80. The molecular formula is C9H12N2O2. The van der Waals surface area contributed by atoms with Gasteiger partial charge in [0.15, 0.2) is 0 Å². The van der Waals surface area contributed by atoms with Gasteiger partial charge in [0.05, 0.1) is 12.5 Å². The molecule has 5 N–H and O–H groups in total. The monoisotopic (exact) mass is 180 g/mol. The fourth-order valence-electron chi connectivity index (χ4n) is 1.09. The SMILES string of the molecule is NC(=O)C(CO)c1ccc(N)cc1. The minimum absolute atomic E-state index is 0.279. The average molecular weight is 180 g/mol. The number of primary amides is 1. The van der Waals surface area contributed by atoms with E-state index in [1.165, 1.54) is 0 Å². The molecule has 0 saturated carbocycles. The third kappa shape index (κ3) is 2.19. The summed E-state index contributed by atoms with van der Waals surface area (Å²) in [6, 6.07) is 6.70. The lowest BCUT2D eigenvalue weighted by atomic mass is 9.99. The van der Waals surface area contributed by atoms with E-state index in [2.05, 4.69) is 0 Å². The van der Waals surface area contributed by atoms with E-state index >= 15 is 0 Å². The number of rotatable bonds is 3. The molecule has 0 bridgehead atoms. The summed E-state index contributed by atoms with van der Waals surface area (Å²) in [6.07, 6.45) is 0. The number of hydrogen-bond acceptors (Lipinski definition) is 3. The van der Waals surface area contributed by atoms with Crippen molar-refractivity contribution in [3.05, 3.63) is 29.8 Å². The minimum Gasteiger partial charge on any atom is -0.399 e. The maximum atomic E-state index is 10.8. The number of aliphatic hydroxyl groups excluding tert-OH is 1. The highest BCUT2D eigenvalue weighted by atomic mass is 16.3. The number of carbonyl (C=O) groups is 1. The van der Waals surface area contributed by atoms with Gasteiger partial charge in [-0.2, -0.15) is 0 Å². The summed E-state index contributed by atoms with van der Waals surface area (Å²) in [5.74, 6) is -1.17. The Bertz CT molecular complexity index is 295. The summed E-state index contributed by atoms with van der Waals surface area (Å²) in [4.78, 5) is 10.8. The molecule has 0 aliphatic heterocycles. The van der Waals surface area contributed by atoms with Crippen molar-refractivity contribution in [3.8, 4) is 0 Å². The van der Waals surface area contributed by atoms with Crippen molar-refractivity contribution in [3.63, 3.8) is 0 Å². The molecule has 0 radical (unpaired) electrons. The Hall–Kier alpha value is -1.55. The first kappa shape index (κ1) is 9.54. The van der Waals surface area contributed by atoms with Crippen LogP contribution < -0.4 is 11.5 Å². The standard InChI is InChI=1S/C9H12N2O2/c10-7-3-1-6(2-4-7)8(5-12)9(11)13/h1-4,8,12H,5,10H2,(H2,11,13). The first-order valence-corrected chi connectivity index (χ1v) is 3.90. The number of benzene rings is 1. The Balaban J connectivity index is 2.92. The van der Waals surface area contributed by atoms with Crippen molar-refractivity contribution >= 4 is 11.6 Å². The number of carbonyl (C=O) groups excluding carboxylic acids is 1. The highest BCUT2D eigenvalue weighted by Crippen LogP contribution is 2.16. The predicted octanol–water partition coefficient (Wildman–Crippen LogP) is -0.170. The second-order valence-electron chi connectivity index (χ2n) is 2.80. The number of hydrogen-bond donors (Lipinski definition) is 3. The number of nitrogens with two attached hydrogens (primary N) is 2. The van der Waals surface area contributed by atoms with Crippen molar-refractivity contribution in [2.24, 2.45) is 5.73 Å². The Morgan fingerprint density at radius 1 is 1.38 bits per heavy atom. The van der Waals surface area contributed by atoms with E-state index < -0.39 is 11.8 Å². The second kappa shape index (κ2) is 3.91. The van der Waals surface area contributed by atoms with Gasteiger partial charge in [0.25, 0.3) is 0 Å². The maximum absolute atomic E-state index is 10.8. The highest BCUT2D eigenvalue weighted by molar-refractivity contribution is 5.82. The Morgan fingerprint density at radius 3 is 2.31 bits per heavy atom. The molecule has 4 nitrogen and oxygen atoms in total. The smallest absolute Gasteiger partial charge is 0.227 e. The molecule has 1 atom stereocenters. The van der Waals surface area contributed by atoms with E-state index in [0.29, 0.717) is 11.3 Å². The van der Waals surface area contributed by atoms with Crippen LogP contribution in [0.4, 0.5) is 5.69 Å². The Morgan fingerprint density at radius 2 is 1.92 bits per heavy atom. The molecule has 13 heavy (non-hydrogen) atoms. The van der Waals surface area contributed by atoms with E-state index in [1.54, 1.807) is 24.3 Å². The average Bonchev–Trinajstić information content (AvgIpc) is 2.09. The first-order valence-electron chi connectivity index (χ1n) is 3.90. The van der Waals surface area contributed by atoms with Gasteiger partial charge in [-0.05, 0) is 17.7 Å². The lowest BCUT2D eigenvalue weighted by Gasteiger charge is -2.09. The van der Waals surface area contributed by atoms with Crippen LogP contribution in [-0.2, 0) is 4.79 Å². The van der Waals surface area contributed by atoms with Gasteiger partial charge in [-0.15, -0.1) is 0 Å². The normalized spacial score (nSPS) is 12.4. The minimum atomic E-state index is -0.638. The lowest BCUT2D eigenvalue weighted by molar-refractivity contribution is -0.120. The zero-order chi connectivity index (χ0) is 9.84. The molecule has 0 aromatic heterocycles. The molecule has 1 rings (SSSR count). The van der Waals surface area contributed by atoms with Crippen molar-refractivity contribution in [1.29, 1.82) is 0 Å². The molecular weight excluding hydrogens is 168 g/mol. The molecule has 1 amide bonds. The van der Waals surface area contributed by atoms with Crippen molar-refractivity contribution < 1.29 is 9.90 Å². The molecule has 0 saturated heterocycles. The first-order chi connectivity index (χ1) is 6.15. The van der Waals surface area contributed by atoms with E-state index in [4.69, 9.17) is 16.6 Å². The van der Waals surface area contributed by atoms with Gasteiger partial charge < -0.3 is 16.6 Å². The van der Waals surface area contributed by atoms with Crippen LogP contribution in [0.1, 0.15) is 11.5 Å². The Labute approximate surface area is 76.2 Å². The molecule has 1 aromatic rings. The van der Waals surface area contributed by atoms with E-state index in [0.717, 1.165) is 0 Å². The van der Waals surface area contributed by atoms with Crippen LogP contribution in [0.2, 0.25) is 0 Å². The zero-order valence-electron chi connectivity index (χ0n) is 7.10. The molecule has 1 unspecified atom stereocenters. The molecule has 0 heterocycles. The summed E-state index contributed by atoms with van der Waals surface area (Å²) in [5.41, 5.74) is 11.9. The van der Waals surface area contributed by atoms with Crippen LogP contribution in [0.3, 0.4) is 0 Å². The van der Waals surface area contributed by atoms with Gasteiger partial charge in [-0.1, -0.05) is 12.1 Å². The molecule has 0 fully saturated rings. The molecule has 0 spiro atoms. The molecule has 0 aliphatic rings. The fraction of sp³-hybridized carbons (Fsp3) is 0.222. The van der Waals surface area contributed by atoms with Crippen LogP contribution in [-0.4, -0.2) is 17.6 Å². The van der Waals surface area contributed by atoms with Crippen molar-refractivity contribution in [1.82, 2.24) is 0 Å². The summed E-state index contributed by atoms with van der Waals surface area (Å²) in [7, 11) is 0. The van der Waals surface area contributed by atoms with Gasteiger partial charge in [0.2, 0.25) is 5.91 Å². The summed E-state index contributed by atoms with van der Waals surface area (Å²) in [6.45, 7) is -0.279. The van der Waals surface area contributed by atoms with Crippen LogP contribution >= 0.6 is 0 Å². The quantitative estimate of drug-likeness (QED) is 0.564. The fourth-order valence-corrected chi connectivity index (χ4v) is 1.09. The summed E-state index contributed by atoms with van der Waals surface area (Å²) < 4.78 is 0. The number of aliphatic hydroxyl groups is 1. The van der Waals surface area contributed by atoms with Gasteiger partial charge in [-0.25, -0.2) is 0 Å². The van der Waals surface area contributed by atoms with Crippen molar-refractivity contribution in [2.75, 3.05) is 12.3 Å². The predicted molar refractivity (Wildman–Crippen MR) is 49.9 cm³/mol. The van der Waals surface area contributed by atoms with Gasteiger partial charge in [-0.3, -0.25) is 4.79 Å². The number of nitrogen functional groups attached to an aromatic ring is 1. The van der Waals surface area contributed by atoms with Crippen LogP contribution in [0.15, 0.2) is 24.3 Å². The molecule has 1 aromatic carbocycles. The summed E-state index contributed by atoms with van der Waals surface area (Å²) >= 11 is 0. The summed E-state index contributed by atoms with van der Waals surface area (Å²) in [5, 5.41) is 8.89. The number of amides is 1. The molecule has 0 aliphatic carbocycles. The van der Waals surface area contributed by atoms with Crippen molar-refractivity contribution in [2.45, 2.75) is 5.92 Å². The maximum Gasteiger partial charge on any atom is 0.227 e. The number of anilines is 1. The molecule has 70 valence electrons. The van der Waals surface area contributed by atoms with Gasteiger partial charge >= 0.3 is 0 Å². The largest absolute Gasteiger partial charge is 0.399 e. The van der Waals surface area contributed by atoms with E-state index in [9.17, 15) is 4.79 Å².